The van der Waals surface area contributed by atoms with Crippen molar-refractivity contribution in [2.75, 3.05) is 20.2 Å². The molecule has 1 aromatic heterocycles. The Hall–Kier alpha value is -2.83. The molecule has 0 saturated carbocycles. The first-order valence-electron chi connectivity index (χ1n) is 9.41. The lowest BCUT2D eigenvalue weighted by Gasteiger charge is -2.34. The summed E-state index contributed by atoms with van der Waals surface area (Å²) in [6.07, 6.45) is 0.986. The number of methoxy groups -OCH3 is 1. The molecular formula is C21H25NO6. The Morgan fingerprint density at radius 3 is 2.75 bits per heavy atom. The van der Waals surface area contributed by atoms with Crippen LogP contribution in [0.4, 0.5) is 0 Å². The number of hydrogen-bond acceptors (Lipinski definition) is 5. The summed E-state index contributed by atoms with van der Waals surface area (Å²) in [5.41, 5.74) is 1.26. The first kappa shape index (κ1) is 19.9. The Kier molecular flexibility index (Phi) is 5.72. The maximum Gasteiger partial charge on any atom is 0.339 e. The van der Waals surface area contributed by atoms with E-state index < -0.39 is 17.5 Å². The van der Waals surface area contributed by atoms with E-state index in [4.69, 9.17) is 9.15 Å². The minimum absolute atomic E-state index is 0.133. The summed E-state index contributed by atoms with van der Waals surface area (Å²) in [5, 5.41) is 10.1. The number of carbonyl (C=O) groups is 2. The number of fused-ring (bicyclic) bond motifs is 1. The molecule has 2 aromatic rings. The quantitative estimate of drug-likeness (QED) is 0.792. The van der Waals surface area contributed by atoms with Crippen molar-refractivity contribution in [1.29, 1.82) is 0 Å². The molecule has 0 aliphatic carbocycles. The fraction of sp³-hybridized carbons (Fsp3) is 0.476. The first-order valence-corrected chi connectivity index (χ1v) is 9.41. The normalized spacial score (nSPS) is 19.6. The lowest BCUT2D eigenvalue weighted by Crippen LogP contribution is -2.45. The Bertz CT molecular complexity index is 963. The van der Waals surface area contributed by atoms with Crippen LogP contribution in [0.3, 0.4) is 0 Å². The van der Waals surface area contributed by atoms with Crippen molar-refractivity contribution in [3.63, 3.8) is 0 Å². The highest BCUT2D eigenvalue weighted by Gasteiger charge is 2.31. The minimum Gasteiger partial charge on any atom is -0.497 e. The van der Waals surface area contributed by atoms with Crippen molar-refractivity contribution in [3.8, 4) is 5.75 Å². The zero-order chi connectivity index (χ0) is 20.4. The van der Waals surface area contributed by atoms with Crippen molar-refractivity contribution in [3.05, 3.63) is 39.7 Å². The summed E-state index contributed by atoms with van der Waals surface area (Å²) in [7, 11) is 1.54. The topological polar surface area (TPSA) is 97.0 Å². The van der Waals surface area contributed by atoms with Crippen LogP contribution >= 0.6 is 0 Å². The van der Waals surface area contributed by atoms with Crippen LogP contribution in [0.1, 0.15) is 30.9 Å². The second-order valence-electron chi connectivity index (χ2n) is 7.53. The maximum absolute atomic E-state index is 12.6. The number of aryl methyl sites for hydroxylation is 1. The Morgan fingerprint density at radius 1 is 1.32 bits per heavy atom. The molecule has 1 aliphatic heterocycles. The number of likely N-dealkylation sites (tertiary alicyclic amines) is 1. The van der Waals surface area contributed by atoms with Gasteiger partial charge in [-0.25, -0.2) is 4.79 Å². The van der Waals surface area contributed by atoms with Crippen LogP contribution < -0.4 is 10.4 Å². The lowest BCUT2D eigenvalue weighted by molar-refractivity contribution is -0.146. The predicted molar refractivity (Wildman–Crippen MR) is 104 cm³/mol. The van der Waals surface area contributed by atoms with Crippen molar-refractivity contribution >= 4 is 22.8 Å². The molecule has 1 aliphatic rings. The summed E-state index contributed by atoms with van der Waals surface area (Å²) < 4.78 is 10.6. The van der Waals surface area contributed by atoms with E-state index in [1.165, 1.54) is 0 Å². The van der Waals surface area contributed by atoms with E-state index in [1.54, 1.807) is 24.1 Å². The number of amides is 1. The number of carboxylic acids is 1. The van der Waals surface area contributed by atoms with Gasteiger partial charge in [-0.15, -0.1) is 0 Å². The number of ether oxygens (including phenoxy) is 1. The SMILES string of the molecule is COc1ccc2c(C)c(CCC(=O)N3CC(C)CC(C(=O)O)C3)c(=O)oc2c1. The van der Waals surface area contributed by atoms with E-state index in [1.807, 2.05) is 19.9 Å². The van der Waals surface area contributed by atoms with Crippen LogP contribution in [0.5, 0.6) is 5.75 Å². The molecule has 2 unspecified atom stereocenters. The molecule has 0 spiro atoms. The van der Waals surface area contributed by atoms with Gasteiger partial charge in [0.05, 0.1) is 13.0 Å². The third-order valence-electron chi connectivity index (χ3n) is 5.45. The number of aliphatic carboxylic acids is 1. The molecule has 1 amide bonds. The molecule has 150 valence electrons. The number of carbonyl (C=O) groups excluding carboxylic acids is 1. The average Bonchev–Trinajstić information content (AvgIpc) is 2.66. The van der Waals surface area contributed by atoms with Crippen LogP contribution in [0, 0.1) is 18.8 Å². The van der Waals surface area contributed by atoms with Crippen LogP contribution in [0.2, 0.25) is 0 Å². The van der Waals surface area contributed by atoms with Crippen molar-refractivity contribution in [1.82, 2.24) is 4.90 Å². The van der Waals surface area contributed by atoms with Gasteiger partial charge >= 0.3 is 11.6 Å². The molecule has 7 nitrogen and oxygen atoms in total. The van der Waals surface area contributed by atoms with E-state index in [2.05, 4.69) is 0 Å². The number of carboxylic acid groups (broad SMARTS) is 1. The average molecular weight is 387 g/mol. The van der Waals surface area contributed by atoms with Gasteiger partial charge in [0.1, 0.15) is 11.3 Å². The Balaban J connectivity index is 1.77. The smallest absolute Gasteiger partial charge is 0.339 e. The number of piperidine rings is 1. The summed E-state index contributed by atoms with van der Waals surface area (Å²) >= 11 is 0. The lowest BCUT2D eigenvalue weighted by atomic mass is 9.90. The van der Waals surface area contributed by atoms with E-state index in [0.29, 0.717) is 29.9 Å². The minimum atomic E-state index is -0.870. The van der Waals surface area contributed by atoms with Gasteiger partial charge in [-0.2, -0.15) is 0 Å². The van der Waals surface area contributed by atoms with Crippen LogP contribution in [-0.2, 0) is 16.0 Å². The maximum atomic E-state index is 12.6. The summed E-state index contributed by atoms with van der Waals surface area (Å²) in [6, 6.07) is 5.30. The molecular weight excluding hydrogens is 362 g/mol. The monoisotopic (exact) mass is 387 g/mol. The van der Waals surface area contributed by atoms with Crippen LogP contribution in [-0.4, -0.2) is 42.1 Å². The van der Waals surface area contributed by atoms with Crippen LogP contribution in [0.25, 0.3) is 11.0 Å². The van der Waals surface area contributed by atoms with Gasteiger partial charge in [0, 0.05) is 36.5 Å². The number of rotatable bonds is 5. The largest absolute Gasteiger partial charge is 0.497 e. The highest BCUT2D eigenvalue weighted by Crippen LogP contribution is 2.25. The van der Waals surface area contributed by atoms with Gasteiger partial charge in [-0.1, -0.05) is 6.92 Å². The fourth-order valence-corrected chi connectivity index (χ4v) is 3.91. The highest BCUT2D eigenvalue weighted by molar-refractivity contribution is 5.83. The number of benzene rings is 1. The summed E-state index contributed by atoms with van der Waals surface area (Å²) in [4.78, 5) is 38.0. The van der Waals surface area contributed by atoms with Crippen molar-refractivity contribution < 1.29 is 23.8 Å². The molecule has 0 bridgehead atoms. The van der Waals surface area contributed by atoms with Gasteiger partial charge in [0.2, 0.25) is 5.91 Å². The van der Waals surface area contributed by atoms with Gasteiger partial charge < -0.3 is 19.2 Å². The predicted octanol–water partition coefficient (Wildman–Crippen LogP) is 2.61. The molecule has 0 radical (unpaired) electrons. The van der Waals surface area contributed by atoms with Gasteiger partial charge in [-0.05, 0) is 43.4 Å². The Morgan fingerprint density at radius 2 is 2.07 bits per heavy atom. The third-order valence-corrected chi connectivity index (χ3v) is 5.45. The Labute approximate surface area is 162 Å². The summed E-state index contributed by atoms with van der Waals surface area (Å²) in [5.74, 6) is -0.793. The molecule has 2 heterocycles. The standard InChI is InChI=1S/C21H25NO6/c1-12-8-14(20(24)25)11-22(10-12)19(23)7-6-17-13(2)16-5-4-15(27-3)9-18(16)28-21(17)26/h4-5,9,12,14H,6-8,10-11H2,1-3H3,(H,24,25). The molecule has 28 heavy (non-hydrogen) atoms. The van der Waals surface area contributed by atoms with Crippen molar-refractivity contribution in [2.45, 2.75) is 33.1 Å². The molecule has 1 N–H and O–H groups in total. The molecule has 3 rings (SSSR count). The third kappa shape index (κ3) is 4.03. The highest BCUT2D eigenvalue weighted by atomic mass is 16.5. The zero-order valence-corrected chi connectivity index (χ0v) is 16.4. The first-order chi connectivity index (χ1) is 13.3. The van der Waals surface area contributed by atoms with E-state index in [-0.39, 0.29) is 31.2 Å². The summed E-state index contributed by atoms with van der Waals surface area (Å²) in [6.45, 7) is 4.57. The van der Waals surface area contributed by atoms with E-state index in [9.17, 15) is 19.5 Å². The van der Waals surface area contributed by atoms with E-state index in [0.717, 1.165) is 10.9 Å². The number of hydrogen-bond donors (Lipinski definition) is 1. The molecule has 7 heteroatoms. The fourth-order valence-electron chi connectivity index (χ4n) is 3.91. The molecule has 1 saturated heterocycles. The van der Waals surface area contributed by atoms with Gasteiger partial charge in [0.15, 0.2) is 0 Å². The molecule has 1 fully saturated rings. The van der Waals surface area contributed by atoms with Gasteiger partial charge in [0.25, 0.3) is 0 Å². The van der Waals surface area contributed by atoms with Crippen molar-refractivity contribution in [2.24, 2.45) is 11.8 Å². The second-order valence-corrected chi connectivity index (χ2v) is 7.53. The zero-order valence-electron chi connectivity index (χ0n) is 16.4. The van der Waals surface area contributed by atoms with Crippen LogP contribution in [0.15, 0.2) is 27.4 Å². The molecule has 1 aromatic carbocycles. The van der Waals surface area contributed by atoms with E-state index >= 15 is 0 Å². The second kappa shape index (κ2) is 8.04. The number of nitrogens with zero attached hydrogens (tertiary/aromatic N) is 1. The van der Waals surface area contributed by atoms with Gasteiger partial charge in [-0.3, -0.25) is 9.59 Å². The molecule has 2 atom stereocenters.